The number of rotatable bonds is 2. The molecule has 116 valence electrons. The molecule has 0 radical (unpaired) electrons. The molecule has 0 N–H and O–H groups in total. The van der Waals surface area contributed by atoms with Gasteiger partial charge in [0.2, 0.25) is 6.10 Å². The Hall–Kier alpha value is -2.76. The molecule has 2 aromatic rings. The average molecular weight is 309 g/mol. The van der Waals surface area contributed by atoms with Crippen molar-refractivity contribution in [2.45, 2.75) is 30.7 Å². The van der Waals surface area contributed by atoms with Gasteiger partial charge in [-0.2, -0.15) is 5.11 Å². The van der Waals surface area contributed by atoms with Crippen molar-refractivity contribution in [3.05, 3.63) is 75.8 Å². The summed E-state index contributed by atoms with van der Waals surface area (Å²) in [6.07, 6.45) is -0.799. The number of hydrogen-bond acceptors (Lipinski definition) is 5. The van der Waals surface area contributed by atoms with E-state index in [1.54, 1.807) is 0 Å². The van der Waals surface area contributed by atoms with Gasteiger partial charge >= 0.3 is 5.66 Å². The van der Waals surface area contributed by atoms with E-state index in [1.807, 2.05) is 61.5 Å². The molecule has 4 atom stereocenters. The summed E-state index contributed by atoms with van der Waals surface area (Å²) in [6, 6.07) is 16.4. The second-order valence-corrected chi connectivity index (χ2v) is 5.92. The Kier molecular flexibility index (Phi) is 2.94. The molecule has 4 rings (SSSR count). The highest BCUT2D eigenvalue weighted by molar-refractivity contribution is 5.44. The summed E-state index contributed by atoms with van der Waals surface area (Å²) in [5.74, 6) is 0.232. The lowest BCUT2D eigenvalue weighted by molar-refractivity contribution is -0.586. The van der Waals surface area contributed by atoms with E-state index < -0.39 is 17.7 Å². The van der Waals surface area contributed by atoms with Gasteiger partial charge in [-0.3, -0.25) is 10.1 Å². The van der Waals surface area contributed by atoms with Gasteiger partial charge in [0, 0.05) is 11.1 Å². The van der Waals surface area contributed by atoms with Gasteiger partial charge < -0.3 is 4.74 Å². The molecule has 2 heterocycles. The van der Waals surface area contributed by atoms with Gasteiger partial charge in [0.1, 0.15) is 11.7 Å². The number of ether oxygens (including phenoxy) is 1. The summed E-state index contributed by atoms with van der Waals surface area (Å²) in [4.78, 5) is 11.7. The summed E-state index contributed by atoms with van der Waals surface area (Å²) >= 11 is 0. The van der Waals surface area contributed by atoms with Gasteiger partial charge in [-0.05, 0) is 13.0 Å². The lowest BCUT2D eigenvalue weighted by Crippen LogP contribution is -2.52. The minimum absolute atomic E-state index is 0.267. The van der Waals surface area contributed by atoms with Crippen molar-refractivity contribution in [3.63, 3.8) is 0 Å². The molecule has 0 aromatic heterocycles. The first-order chi connectivity index (χ1) is 11.1. The van der Waals surface area contributed by atoms with Crippen molar-refractivity contribution in [2.75, 3.05) is 0 Å². The molecule has 0 amide bonds. The standard InChI is InChI=1S/C17H15N3O3/c1-11-15-13-9-5-6-10-14(13)23-16(12-7-3-2-4-8-12)17(15,19-18-11)20(21)22/h2-11,15-16H,1H3/t11-,15-,16+,17+/m1/s1. The number of hydrogen-bond donors (Lipinski definition) is 0. The molecular weight excluding hydrogens is 294 g/mol. The number of nitro groups is 1. The molecule has 0 unspecified atom stereocenters. The predicted octanol–water partition coefficient (Wildman–Crippen LogP) is 3.73. The number of nitrogens with zero attached hydrogens (tertiary/aromatic N) is 3. The monoisotopic (exact) mass is 309 g/mol. The Morgan fingerprint density at radius 1 is 1.13 bits per heavy atom. The van der Waals surface area contributed by atoms with Crippen LogP contribution in [0.5, 0.6) is 5.75 Å². The Balaban J connectivity index is 1.96. The van der Waals surface area contributed by atoms with Crippen molar-refractivity contribution in [1.82, 2.24) is 0 Å². The van der Waals surface area contributed by atoms with Crippen LogP contribution in [0.1, 0.15) is 30.1 Å². The first-order valence-corrected chi connectivity index (χ1v) is 7.51. The summed E-state index contributed by atoms with van der Waals surface area (Å²) in [5, 5.41) is 20.3. The lowest BCUT2D eigenvalue weighted by Gasteiger charge is -2.38. The molecule has 2 aliphatic rings. The third-order valence-electron chi connectivity index (χ3n) is 4.62. The van der Waals surface area contributed by atoms with E-state index in [4.69, 9.17) is 4.74 Å². The van der Waals surface area contributed by atoms with Crippen molar-refractivity contribution >= 4 is 0 Å². The summed E-state index contributed by atoms with van der Waals surface area (Å²) < 4.78 is 6.05. The van der Waals surface area contributed by atoms with Crippen LogP contribution in [0.25, 0.3) is 0 Å². The van der Waals surface area contributed by atoms with Crippen LogP contribution in [0.3, 0.4) is 0 Å². The molecule has 6 heteroatoms. The Morgan fingerprint density at radius 2 is 1.83 bits per heavy atom. The van der Waals surface area contributed by atoms with Crippen molar-refractivity contribution in [1.29, 1.82) is 0 Å². The molecule has 2 aromatic carbocycles. The topological polar surface area (TPSA) is 77.1 Å². The summed E-state index contributed by atoms with van der Waals surface area (Å²) in [6.45, 7) is 1.86. The van der Waals surface area contributed by atoms with Gasteiger partial charge in [-0.15, -0.1) is 5.11 Å². The smallest absolute Gasteiger partial charge is 0.378 e. The van der Waals surface area contributed by atoms with Crippen molar-refractivity contribution in [3.8, 4) is 5.75 Å². The highest BCUT2D eigenvalue weighted by Crippen LogP contribution is 2.55. The van der Waals surface area contributed by atoms with Crippen LogP contribution >= 0.6 is 0 Å². The number of fused-ring (bicyclic) bond motifs is 3. The van der Waals surface area contributed by atoms with E-state index in [0.717, 1.165) is 11.1 Å². The van der Waals surface area contributed by atoms with Gasteiger partial charge in [0.05, 0.1) is 11.0 Å². The zero-order chi connectivity index (χ0) is 16.0. The number of benzene rings is 2. The predicted molar refractivity (Wildman–Crippen MR) is 83.0 cm³/mol. The first kappa shape index (κ1) is 13.9. The average Bonchev–Trinajstić information content (AvgIpc) is 2.94. The van der Waals surface area contributed by atoms with Crippen LogP contribution in [-0.2, 0) is 0 Å². The number of para-hydroxylation sites is 1. The minimum Gasteiger partial charge on any atom is -0.475 e. The fourth-order valence-electron chi connectivity index (χ4n) is 3.62. The van der Waals surface area contributed by atoms with E-state index >= 15 is 0 Å². The highest BCUT2D eigenvalue weighted by atomic mass is 16.6. The molecule has 0 spiro atoms. The molecule has 0 saturated carbocycles. The second kappa shape index (κ2) is 4.87. The van der Waals surface area contributed by atoms with Gasteiger partial charge in [0.25, 0.3) is 0 Å². The molecule has 0 bridgehead atoms. The van der Waals surface area contributed by atoms with E-state index in [2.05, 4.69) is 10.2 Å². The van der Waals surface area contributed by atoms with Crippen LogP contribution in [0.4, 0.5) is 0 Å². The Bertz CT molecular complexity index is 793. The fourth-order valence-corrected chi connectivity index (χ4v) is 3.62. The van der Waals surface area contributed by atoms with Crippen LogP contribution in [-0.4, -0.2) is 16.6 Å². The quantitative estimate of drug-likeness (QED) is 0.626. The molecular formula is C17H15N3O3. The Morgan fingerprint density at radius 3 is 2.57 bits per heavy atom. The van der Waals surface area contributed by atoms with Crippen molar-refractivity contribution < 1.29 is 9.66 Å². The van der Waals surface area contributed by atoms with Crippen molar-refractivity contribution in [2.24, 2.45) is 10.2 Å². The maximum absolute atomic E-state index is 12.1. The van der Waals surface area contributed by atoms with E-state index in [1.165, 1.54) is 0 Å². The van der Waals surface area contributed by atoms with E-state index in [-0.39, 0.29) is 11.0 Å². The first-order valence-electron chi connectivity index (χ1n) is 7.51. The normalized spacial score (nSPS) is 31.1. The van der Waals surface area contributed by atoms with E-state index in [9.17, 15) is 10.1 Å². The molecule has 6 nitrogen and oxygen atoms in total. The largest absolute Gasteiger partial charge is 0.475 e. The summed E-state index contributed by atoms with van der Waals surface area (Å²) in [7, 11) is 0. The molecule has 0 saturated heterocycles. The maximum atomic E-state index is 12.1. The highest BCUT2D eigenvalue weighted by Gasteiger charge is 2.67. The van der Waals surface area contributed by atoms with Crippen LogP contribution in [0.15, 0.2) is 64.8 Å². The molecule has 0 fully saturated rings. The summed E-state index contributed by atoms with van der Waals surface area (Å²) in [5.41, 5.74) is -0.0830. The molecule has 0 aliphatic carbocycles. The fraction of sp³-hybridized carbons (Fsp3) is 0.294. The third-order valence-corrected chi connectivity index (χ3v) is 4.62. The number of azo groups is 1. The molecule has 2 aliphatic heterocycles. The third kappa shape index (κ3) is 1.81. The molecule has 23 heavy (non-hydrogen) atoms. The van der Waals surface area contributed by atoms with E-state index in [0.29, 0.717) is 5.75 Å². The van der Waals surface area contributed by atoms with Crippen LogP contribution < -0.4 is 4.74 Å². The maximum Gasteiger partial charge on any atom is 0.378 e. The zero-order valence-corrected chi connectivity index (χ0v) is 12.5. The zero-order valence-electron chi connectivity index (χ0n) is 12.5. The van der Waals surface area contributed by atoms with Gasteiger partial charge in [-0.25, -0.2) is 0 Å². The van der Waals surface area contributed by atoms with Crippen LogP contribution in [0, 0.1) is 10.1 Å². The van der Waals surface area contributed by atoms with Gasteiger partial charge in [0.15, 0.2) is 0 Å². The van der Waals surface area contributed by atoms with Crippen LogP contribution in [0.2, 0.25) is 0 Å². The Labute approximate surface area is 133 Å². The SMILES string of the molecule is C[C@H]1N=N[C@@]2([N+](=O)[O-])[C@H](c3ccccc3)Oc3ccccc3[C@@H]12. The van der Waals surface area contributed by atoms with Gasteiger partial charge in [-0.1, -0.05) is 48.5 Å². The second-order valence-electron chi connectivity index (χ2n) is 5.92. The lowest BCUT2D eigenvalue weighted by atomic mass is 9.75. The minimum atomic E-state index is -1.62.